The van der Waals surface area contributed by atoms with Gasteiger partial charge in [-0.3, -0.25) is 5.32 Å². The van der Waals surface area contributed by atoms with Gasteiger partial charge in [0.1, 0.15) is 0 Å². The van der Waals surface area contributed by atoms with Gasteiger partial charge in [0.2, 0.25) is 0 Å². The Morgan fingerprint density at radius 3 is 2.44 bits per heavy atom. The summed E-state index contributed by atoms with van der Waals surface area (Å²) in [6, 6.07) is 0. The van der Waals surface area contributed by atoms with Gasteiger partial charge in [0.05, 0.1) is 14.2 Å². The summed E-state index contributed by atoms with van der Waals surface area (Å²) in [6.45, 7) is 0. The monoisotopic (exact) mass is 232 g/mol. The lowest BCUT2D eigenvalue weighted by molar-refractivity contribution is -0.790. The molecule has 0 saturated heterocycles. The maximum absolute atomic E-state index is 11.0. The second-order valence-corrected chi connectivity index (χ2v) is 2.36. The van der Waals surface area contributed by atoms with Crippen molar-refractivity contribution in [2.45, 2.75) is 0 Å². The quantitative estimate of drug-likeness (QED) is 0.667. The maximum atomic E-state index is 11.0. The van der Waals surface area contributed by atoms with E-state index < -0.39 is 18.0 Å². The molecule has 0 atom stereocenters. The highest BCUT2D eigenvalue weighted by molar-refractivity contribution is 5.90. The van der Waals surface area contributed by atoms with Crippen LogP contribution in [-0.2, 0) is 9.47 Å². The van der Waals surface area contributed by atoms with Gasteiger partial charge in [-0.1, -0.05) is 4.90 Å². The summed E-state index contributed by atoms with van der Waals surface area (Å²) in [6.07, 6.45) is -1.79. The van der Waals surface area contributed by atoms with Gasteiger partial charge >= 0.3 is 23.8 Å². The van der Waals surface area contributed by atoms with E-state index >= 15 is 0 Å². The molecule has 0 aliphatic carbocycles. The Kier molecular flexibility index (Phi) is 3.48. The third-order valence-corrected chi connectivity index (χ3v) is 1.42. The average Bonchev–Trinajstić information content (AvgIpc) is 2.61. The standard InChI is InChI=1S/C6H8N4O6/c1-14-5(11)7-3-4(8-6(12)15-2)10(13)16-9-3/h1-2H3,(H,8,12)(H,7,9,11). The Labute approximate surface area is 88.6 Å². The summed E-state index contributed by atoms with van der Waals surface area (Å²) in [5, 5.41) is 18.2. The first-order valence-corrected chi connectivity index (χ1v) is 3.88. The highest BCUT2D eigenvalue weighted by Crippen LogP contribution is 2.13. The van der Waals surface area contributed by atoms with Gasteiger partial charge in [-0.15, -0.1) is 0 Å². The van der Waals surface area contributed by atoms with Crippen molar-refractivity contribution in [2.75, 3.05) is 24.9 Å². The van der Waals surface area contributed by atoms with Gasteiger partial charge in [-0.25, -0.2) is 9.59 Å². The molecule has 0 aromatic carbocycles. The first kappa shape index (κ1) is 11.6. The SMILES string of the molecule is COC(=O)Nc1no[n+]([O-])c1NC(=O)OC. The van der Waals surface area contributed by atoms with Crippen LogP contribution in [0.25, 0.3) is 0 Å². The molecule has 2 amide bonds. The number of carbonyl (C=O) groups is 2. The summed E-state index contributed by atoms with van der Waals surface area (Å²) in [5.41, 5.74) is 0. The summed E-state index contributed by atoms with van der Waals surface area (Å²) < 4.78 is 12.7. The van der Waals surface area contributed by atoms with E-state index in [4.69, 9.17) is 0 Å². The lowest BCUT2D eigenvalue weighted by Crippen LogP contribution is -2.30. The average molecular weight is 232 g/mol. The fourth-order valence-electron chi connectivity index (χ4n) is 0.731. The highest BCUT2D eigenvalue weighted by Gasteiger charge is 2.23. The van der Waals surface area contributed by atoms with Crippen LogP contribution in [0.3, 0.4) is 0 Å². The van der Waals surface area contributed by atoms with Crippen LogP contribution >= 0.6 is 0 Å². The Hall–Kier alpha value is -2.52. The molecule has 0 fully saturated rings. The topological polar surface area (TPSA) is 130 Å². The number of rotatable bonds is 2. The number of hydrogen-bond donors (Lipinski definition) is 2. The third kappa shape index (κ3) is 2.50. The summed E-state index contributed by atoms with van der Waals surface area (Å²) >= 11 is 0. The Morgan fingerprint density at radius 2 is 1.88 bits per heavy atom. The zero-order valence-electron chi connectivity index (χ0n) is 8.34. The van der Waals surface area contributed by atoms with E-state index in [1.165, 1.54) is 0 Å². The van der Waals surface area contributed by atoms with E-state index in [0.717, 1.165) is 14.2 Å². The molecule has 2 N–H and O–H groups in total. The van der Waals surface area contributed by atoms with Crippen molar-refractivity contribution in [3.8, 4) is 0 Å². The van der Waals surface area contributed by atoms with Gasteiger partial charge in [0.25, 0.3) is 0 Å². The lowest BCUT2D eigenvalue weighted by atomic mass is 10.6. The van der Waals surface area contributed by atoms with E-state index in [-0.39, 0.29) is 10.7 Å². The van der Waals surface area contributed by atoms with Gasteiger partial charge in [0.15, 0.2) is 0 Å². The number of aromatic nitrogens is 2. The van der Waals surface area contributed by atoms with Crippen LogP contribution in [-0.4, -0.2) is 31.6 Å². The highest BCUT2D eigenvalue weighted by atomic mass is 16.8. The number of nitrogens with zero attached hydrogens (tertiary/aromatic N) is 2. The predicted octanol–water partition coefficient (Wildman–Crippen LogP) is -0.335. The largest absolute Gasteiger partial charge is 0.473 e. The molecule has 0 aliphatic rings. The summed E-state index contributed by atoms with van der Waals surface area (Å²) in [5.74, 6) is -0.718. The number of nitrogens with one attached hydrogen (secondary N) is 2. The number of hydrogen-bond acceptors (Lipinski definition) is 7. The smallest absolute Gasteiger partial charge is 0.453 e. The number of methoxy groups -OCH3 is 2. The number of anilines is 2. The predicted molar refractivity (Wildman–Crippen MR) is 47.5 cm³/mol. The molecule has 1 heterocycles. The van der Waals surface area contributed by atoms with E-state index in [9.17, 15) is 14.8 Å². The molecule has 0 bridgehead atoms. The number of amides is 2. The molecular weight excluding hydrogens is 224 g/mol. The van der Waals surface area contributed by atoms with Crippen molar-refractivity contribution in [1.82, 2.24) is 5.16 Å². The molecule has 1 rings (SSSR count). The molecule has 0 saturated carbocycles. The number of ether oxygens (including phenoxy) is 2. The molecule has 88 valence electrons. The molecule has 16 heavy (non-hydrogen) atoms. The lowest BCUT2D eigenvalue weighted by Gasteiger charge is -2.00. The minimum Gasteiger partial charge on any atom is -0.453 e. The molecule has 1 aromatic rings. The van der Waals surface area contributed by atoms with Gasteiger partial charge in [-0.2, -0.15) is 5.32 Å². The minimum atomic E-state index is -0.916. The Bertz CT molecular complexity index is 402. The molecule has 1 aromatic heterocycles. The fourth-order valence-corrected chi connectivity index (χ4v) is 0.731. The third-order valence-electron chi connectivity index (χ3n) is 1.42. The van der Waals surface area contributed by atoms with E-state index in [1.807, 2.05) is 5.32 Å². The maximum Gasteiger partial charge on any atom is 0.473 e. The van der Waals surface area contributed by atoms with Crippen molar-refractivity contribution < 1.29 is 28.6 Å². The Morgan fingerprint density at radius 1 is 1.31 bits per heavy atom. The molecule has 0 unspecified atom stereocenters. The van der Waals surface area contributed by atoms with Crippen LogP contribution in [0.5, 0.6) is 0 Å². The molecular formula is C6H8N4O6. The normalized spacial score (nSPS) is 9.38. The summed E-state index contributed by atoms with van der Waals surface area (Å²) in [7, 11) is 2.22. The molecule has 0 aliphatic heterocycles. The van der Waals surface area contributed by atoms with Crippen LogP contribution in [0.2, 0.25) is 0 Å². The van der Waals surface area contributed by atoms with Crippen molar-refractivity contribution >= 4 is 23.8 Å². The van der Waals surface area contributed by atoms with Crippen molar-refractivity contribution in [2.24, 2.45) is 0 Å². The van der Waals surface area contributed by atoms with E-state index in [0.29, 0.717) is 0 Å². The zero-order chi connectivity index (χ0) is 12.1. The van der Waals surface area contributed by atoms with Crippen LogP contribution in [0, 0.1) is 5.21 Å². The van der Waals surface area contributed by atoms with E-state index in [2.05, 4.69) is 24.6 Å². The molecule has 10 heteroatoms. The minimum absolute atomic E-state index is 0.109. The van der Waals surface area contributed by atoms with Crippen molar-refractivity contribution in [3.63, 3.8) is 0 Å². The van der Waals surface area contributed by atoms with Crippen LogP contribution in [0.4, 0.5) is 21.2 Å². The van der Waals surface area contributed by atoms with Crippen LogP contribution < -0.4 is 15.5 Å². The second kappa shape index (κ2) is 4.82. The van der Waals surface area contributed by atoms with Crippen molar-refractivity contribution in [3.05, 3.63) is 5.21 Å². The summed E-state index contributed by atoms with van der Waals surface area (Å²) in [4.78, 5) is 21.6. The molecule has 10 nitrogen and oxygen atoms in total. The van der Waals surface area contributed by atoms with Gasteiger partial charge in [0, 0.05) is 0 Å². The second-order valence-electron chi connectivity index (χ2n) is 2.36. The molecule has 0 spiro atoms. The molecule has 0 radical (unpaired) electrons. The van der Waals surface area contributed by atoms with Crippen LogP contribution in [0.1, 0.15) is 0 Å². The van der Waals surface area contributed by atoms with Crippen molar-refractivity contribution in [1.29, 1.82) is 0 Å². The first-order chi connectivity index (χ1) is 7.58. The Balaban J connectivity index is 2.85. The van der Waals surface area contributed by atoms with Gasteiger partial charge < -0.3 is 19.3 Å². The van der Waals surface area contributed by atoms with E-state index in [1.54, 1.807) is 0 Å². The fraction of sp³-hybridized carbons (Fsp3) is 0.333. The van der Waals surface area contributed by atoms with Crippen LogP contribution in [0.15, 0.2) is 4.63 Å². The van der Waals surface area contributed by atoms with Gasteiger partial charge in [-0.05, 0) is 5.16 Å². The zero-order valence-corrected chi connectivity index (χ0v) is 8.34. The first-order valence-electron chi connectivity index (χ1n) is 3.88. The number of carbonyl (C=O) groups excluding carboxylic acids is 2.